The van der Waals surface area contributed by atoms with Crippen molar-refractivity contribution in [2.45, 2.75) is 167 Å². The van der Waals surface area contributed by atoms with E-state index >= 15 is 0 Å². The van der Waals surface area contributed by atoms with Gasteiger partial charge in [0.05, 0.1) is 13.2 Å². The highest BCUT2D eigenvalue weighted by molar-refractivity contribution is 7.47. The van der Waals surface area contributed by atoms with Gasteiger partial charge in [0, 0.05) is 12.8 Å². The average Bonchev–Trinajstić information content (AvgIpc) is 3.17. The first kappa shape index (κ1) is 52.9. The molecule has 0 aromatic heterocycles. The summed E-state index contributed by atoms with van der Waals surface area (Å²) >= 11 is 0. The minimum Gasteiger partial charge on any atom is -0.480 e. The predicted molar refractivity (Wildman–Crippen MR) is 226 cm³/mol. The first-order valence-electron chi connectivity index (χ1n) is 21.0. The maximum Gasteiger partial charge on any atom is 0.472 e. The highest BCUT2D eigenvalue weighted by atomic mass is 31.2. The number of unbranched alkanes of at least 4 members (excludes halogenated alkanes) is 12. The zero-order valence-electron chi connectivity index (χ0n) is 34.4. The third-order valence-electron chi connectivity index (χ3n) is 8.44. The molecule has 0 saturated carbocycles. The van der Waals surface area contributed by atoms with E-state index in [-0.39, 0.29) is 19.4 Å². The third-order valence-corrected chi connectivity index (χ3v) is 9.39. The van der Waals surface area contributed by atoms with E-state index in [1.807, 2.05) is 0 Å². The van der Waals surface area contributed by atoms with Gasteiger partial charge in [-0.25, -0.2) is 4.57 Å². The average molecular weight is 808 g/mol. The fourth-order valence-corrected chi connectivity index (χ4v) is 5.92. The minimum absolute atomic E-state index is 0.117. The Labute approximate surface area is 338 Å². The maximum absolute atomic E-state index is 12.6. The van der Waals surface area contributed by atoms with Crippen molar-refractivity contribution in [1.29, 1.82) is 0 Å². The molecule has 56 heavy (non-hydrogen) atoms. The number of hydrogen-bond acceptors (Lipinski definition) is 9. The molecule has 0 heterocycles. The lowest BCUT2D eigenvalue weighted by Crippen LogP contribution is -2.34. The Balaban J connectivity index is 4.48. The van der Waals surface area contributed by atoms with Crippen molar-refractivity contribution in [3.8, 4) is 0 Å². The molecule has 1 unspecified atom stereocenters. The molecule has 320 valence electrons. The molecule has 0 aromatic rings. The van der Waals surface area contributed by atoms with Gasteiger partial charge >= 0.3 is 25.7 Å². The normalized spacial score (nSPS) is 14.5. The van der Waals surface area contributed by atoms with Crippen LogP contribution in [0.15, 0.2) is 72.9 Å². The molecule has 0 saturated heterocycles. The fraction of sp³-hybridized carbons (Fsp3) is 0.659. The van der Waals surface area contributed by atoms with Crippen molar-refractivity contribution in [1.82, 2.24) is 0 Å². The smallest absolute Gasteiger partial charge is 0.472 e. The van der Waals surface area contributed by atoms with Gasteiger partial charge in [-0.15, -0.1) is 0 Å². The summed E-state index contributed by atoms with van der Waals surface area (Å²) in [5, 5.41) is 8.88. The number of ether oxygens (including phenoxy) is 2. The van der Waals surface area contributed by atoms with Crippen molar-refractivity contribution in [2.24, 2.45) is 5.73 Å². The molecule has 0 spiro atoms. The Morgan fingerprint density at radius 2 is 1.00 bits per heavy atom. The van der Waals surface area contributed by atoms with Gasteiger partial charge < -0.3 is 25.2 Å². The molecule has 0 aliphatic heterocycles. The summed E-state index contributed by atoms with van der Waals surface area (Å²) in [6.07, 6.45) is 45.4. The number of allylic oxidation sites excluding steroid dienone is 12. The minimum atomic E-state index is -4.73. The standard InChI is InChI=1S/C44H74NO10P/c1-3-5-7-9-11-13-15-17-18-19-20-21-22-24-26-28-30-32-34-36-43(47)55-40(38-53-56(50,51)54-39-41(45)44(48)49)37-52-42(46)35-33-31-29-27-25-23-16-14-12-10-8-6-4-2/h5,7,11,13-14,16-18,20-21,24,26,40-41H,3-4,6,8-10,12,15,19,22-23,25,27-39,45H2,1-2H3,(H,48,49)(H,50,51)/b7-5-,13-11-,16-14-,18-17-,21-20-,26-24-/t40-,41+/m1/s1. The summed E-state index contributed by atoms with van der Waals surface area (Å²) in [4.78, 5) is 45.9. The third kappa shape index (κ3) is 37.8. The van der Waals surface area contributed by atoms with Crippen LogP contribution in [0.1, 0.15) is 155 Å². The predicted octanol–water partition coefficient (Wildman–Crippen LogP) is 10.9. The number of carbonyl (C=O) groups excluding carboxylic acids is 2. The van der Waals surface area contributed by atoms with Crippen molar-refractivity contribution >= 4 is 25.7 Å². The molecule has 0 fully saturated rings. The van der Waals surface area contributed by atoms with Crippen molar-refractivity contribution in [2.75, 3.05) is 19.8 Å². The van der Waals surface area contributed by atoms with Gasteiger partial charge in [-0.2, -0.15) is 0 Å². The van der Waals surface area contributed by atoms with Crippen LogP contribution in [0, 0.1) is 0 Å². The molecule has 0 amide bonds. The van der Waals surface area contributed by atoms with Gasteiger partial charge in [0.2, 0.25) is 0 Å². The molecule has 11 nitrogen and oxygen atoms in total. The number of esters is 2. The van der Waals surface area contributed by atoms with E-state index in [2.05, 4.69) is 91.3 Å². The number of phosphoric ester groups is 1. The summed E-state index contributed by atoms with van der Waals surface area (Å²) in [5.41, 5.74) is 5.32. The molecular weight excluding hydrogens is 733 g/mol. The van der Waals surface area contributed by atoms with Gasteiger partial charge in [0.25, 0.3) is 0 Å². The number of phosphoric acid groups is 1. The molecule has 3 atom stereocenters. The summed E-state index contributed by atoms with van der Waals surface area (Å²) in [5.74, 6) is -2.44. The van der Waals surface area contributed by atoms with Crippen LogP contribution in [0.2, 0.25) is 0 Å². The van der Waals surface area contributed by atoms with Crippen molar-refractivity contribution in [3.63, 3.8) is 0 Å². The second-order valence-electron chi connectivity index (χ2n) is 13.7. The lowest BCUT2D eigenvalue weighted by molar-refractivity contribution is -0.161. The molecule has 0 aromatic carbocycles. The Bertz CT molecular complexity index is 1230. The fourth-order valence-electron chi connectivity index (χ4n) is 5.14. The molecule has 0 rings (SSSR count). The molecule has 0 radical (unpaired) electrons. The van der Waals surface area contributed by atoms with Crippen LogP contribution in [0.5, 0.6) is 0 Å². The van der Waals surface area contributed by atoms with E-state index in [9.17, 15) is 23.8 Å². The maximum atomic E-state index is 12.6. The van der Waals surface area contributed by atoms with Crippen LogP contribution in [0.25, 0.3) is 0 Å². The van der Waals surface area contributed by atoms with Crippen LogP contribution in [0.3, 0.4) is 0 Å². The number of rotatable bonds is 38. The van der Waals surface area contributed by atoms with Crippen molar-refractivity contribution in [3.05, 3.63) is 72.9 Å². The first-order chi connectivity index (χ1) is 27.1. The van der Waals surface area contributed by atoms with E-state index in [4.69, 9.17) is 24.8 Å². The van der Waals surface area contributed by atoms with Crippen LogP contribution in [-0.4, -0.2) is 59.9 Å². The molecule has 0 aliphatic carbocycles. The van der Waals surface area contributed by atoms with Gasteiger partial charge in [-0.1, -0.05) is 132 Å². The Hall–Kier alpha value is -3.08. The number of carboxylic acid groups (broad SMARTS) is 1. The van der Waals surface area contributed by atoms with E-state index < -0.39 is 51.1 Å². The summed E-state index contributed by atoms with van der Waals surface area (Å²) in [6.45, 7) is 2.61. The van der Waals surface area contributed by atoms with E-state index in [1.54, 1.807) is 0 Å². The molecule has 0 bridgehead atoms. The van der Waals surface area contributed by atoms with Gasteiger partial charge in [0.1, 0.15) is 12.6 Å². The van der Waals surface area contributed by atoms with E-state index in [1.165, 1.54) is 25.7 Å². The lowest BCUT2D eigenvalue weighted by Gasteiger charge is -2.20. The number of carbonyl (C=O) groups is 3. The Kier molecular flexibility index (Phi) is 36.6. The summed E-state index contributed by atoms with van der Waals surface area (Å²) < 4.78 is 32.6. The molecule has 12 heteroatoms. The van der Waals surface area contributed by atoms with Gasteiger partial charge in [0.15, 0.2) is 6.10 Å². The van der Waals surface area contributed by atoms with E-state index in [0.29, 0.717) is 12.8 Å². The Morgan fingerprint density at radius 1 is 0.571 bits per heavy atom. The second kappa shape index (κ2) is 38.8. The Morgan fingerprint density at radius 3 is 1.54 bits per heavy atom. The number of aliphatic carboxylic acids is 1. The highest BCUT2D eigenvalue weighted by Gasteiger charge is 2.28. The summed E-state index contributed by atoms with van der Waals surface area (Å²) in [6, 6.07) is -1.53. The lowest BCUT2D eigenvalue weighted by atomic mass is 10.1. The molecular formula is C44H74NO10P. The van der Waals surface area contributed by atoms with Crippen LogP contribution < -0.4 is 5.73 Å². The quantitative estimate of drug-likeness (QED) is 0.0235. The van der Waals surface area contributed by atoms with E-state index in [0.717, 1.165) is 89.9 Å². The van der Waals surface area contributed by atoms with Crippen LogP contribution in [-0.2, 0) is 37.5 Å². The van der Waals surface area contributed by atoms with Gasteiger partial charge in [-0.05, 0) is 83.5 Å². The van der Waals surface area contributed by atoms with Gasteiger partial charge in [-0.3, -0.25) is 23.4 Å². The highest BCUT2D eigenvalue weighted by Crippen LogP contribution is 2.43. The SMILES string of the molecule is CC/C=C\C/C=C\C/C=C\C/C=C\C/C=C\CCCCCC(=O)O[C@H](COC(=O)CCCCCCC/C=C\CCCCCC)COP(=O)(O)OC[C@H](N)C(=O)O. The zero-order valence-corrected chi connectivity index (χ0v) is 35.3. The van der Waals surface area contributed by atoms with Crippen molar-refractivity contribution < 1.29 is 47.5 Å². The van der Waals surface area contributed by atoms with Crippen LogP contribution >= 0.6 is 7.82 Å². The number of carboxylic acids is 1. The number of nitrogens with two attached hydrogens (primary N) is 1. The second-order valence-corrected chi connectivity index (χ2v) is 15.2. The number of hydrogen-bond donors (Lipinski definition) is 3. The van der Waals surface area contributed by atoms with Crippen LogP contribution in [0.4, 0.5) is 0 Å². The monoisotopic (exact) mass is 808 g/mol. The zero-order chi connectivity index (χ0) is 41.4. The summed E-state index contributed by atoms with van der Waals surface area (Å²) in [7, 11) is -4.73. The topological polar surface area (TPSA) is 172 Å². The molecule has 4 N–H and O–H groups in total. The first-order valence-corrected chi connectivity index (χ1v) is 22.5. The largest absolute Gasteiger partial charge is 0.480 e. The molecule has 0 aliphatic rings.